The van der Waals surface area contributed by atoms with Crippen molar-refractivity contribution in [2.75, 3.05) is 44.2 Å². The van der Waals surface area contributed by atoms with E-state index in [4.69, 9.17) is 11.6 Å². The third-order valence-electron chi connectivity index (χ3n) is 7.35. The molecular formula is C26H36ClN5O3. The van der Waals surface area contributed by atoms with Crippen LogP contribution in [0.15, 0.2) is 30.6 Å². The number of benzene rings is 1. The predicted molar refractivity (Wildman–Crippen MR) is 137 cm³/mol. The van der Waals surface area contributed by atoms with Gasteiger partial charge in [0.15, 0.2) is 0 Å². The van der Waals surface area contributed by atoms with Crippen LogP contribution in [-0.4, -0.2) is 87.8 Å². The van der Waals surface area contributed by atoms with Gasteiger partial charge >= 0.3 is 0 Å². The van der Waals surface area contributed by atoms with Crippen LogP contribution in [0.5, 0.6) is 0 Å². The van der Waals surface area contributed by atoms with E-state index in [1.54, 1.807) is 6.33 Å². The highest BCUT2D eigenvalue weighted by atomic mass is 35.5. The Bertz CT molecular complexity index is 997. The van der Waals surface area contributed by atoms with Gasteiger partial charge in [-0.25, -0.2) is 9.97 Å². The molecule has 9 heteroatoms. The zero-order valence-corrected chi connectivity index (χ0v) is 21.5. The van der Waals surface area contributed by atoms with E-state index in [1.165, 1.54) is 0 Å². The first-order valence-corrected chi connectivity index (χ1v) is 12.8. The van der Waals surface area contributed by atoms with Gasteiger partial charge < -0.3 is 19.9 Å². The standard InChI is InChI=1S/C26H36ClN5O3/c1-17(2)32(12-13-33)26(21(15-34)19-4-6-20(27)7-5-19)31-10-8-30(9-11-31)25-23-18(3)14-22(35)24(23)28-16-29-25/h4-7,15-18,21-22,26,33,35H,8-14H2,1-3H3/t18-,21?,22-,26?/m1/s1. The number of aliphatic hydroxyl groups excluding tert-OH is 2. The number of aldehydes is 1. The minimum atomic E-state index is -0.529. The van der Waals surface area contributed by atoms with Gasteiger partial charge in [-0.05, 0) is 43.9 Å². The lowest BCUT2D eigenvalue weighted by Gasteiger charge is -2.47. The summed E-state index contributed by atoms with van der Waals surface area (Å²) in [6, 6.07) is 7.61. The van der Waals surface area contributed by atoms with E-state index >= 15 is 0 Å². The molecule has 1 aliphatic heterocycles. The van der Waals surface area contributed by atoms with E-state index < -0.39 is 6.10 Å². The molecule has 2 unspecified atom stereocenters. The summed E-state index contributed by atoms with van der Waals surface area (Å²) in [6.07, 6.45) is 2.52. The number of carbonyl (C=O) groups excluding carboxylic acids is 1. The molecule has 0 amide bonds. The Balaban J connectivity index is 1.59. The molecule has 35 heavy (non-hydrogen) atoms. The van der Waals surface area contributed by atoms with Gasteiger partial charge in [-0.3, -0.25) is 9.80 Å². The summed E-state index contributed by atoms with van der Waals surface area (Å²) in [5.74, 6) is 0.745. The molecule has 1 fully saturated rings. The third kappa shape index (κ3) is 5.37. The van der Waals surface area contributed by atoms with Crippen LogP contribution < -0.4 is 4.90 Å². The molecule has 1 aromatic heterocycles. The van der Waals surface area contributed by atoms with E-state index in [-0.39, 0.29) is 30.7 Å². The highest BCUT2D eigenvalue weighted by molar-refractivity contribution is 6.30. The fourth-order valence-electron chi connectivity index (χ4n) is 5.61. The molecule has 8 nitrogen and oxygen atoms in total. The van der Waals surface area contributed by atoms with Crippen molar-refractivity contribution in [3.63, 3.8) is 0 Å². The SMILES string of the molecule is CC(C)N(CCO)C(C(C=O)c1ccc(Cl)cc1)N1CCN(c2ncnc3c2[C@H](C)C[C@H]3O)CC1. The third-order valence-corrected chi connectivity index (χ3v) is 7.60. The maximum absolute atomic E-state index is 12.5. The lowest BCUT2D eigenvalue weighted by molar-refractivity contribution is -0.114. The van der Waals surface area contributed by atoms with Crippen LogP contribution in [-0.2, 0) is 4.79 Å². The van der Waals surface area contributed by atoms with Crippen molar-refractivity contribution in [3.8, 4) is 0 Å². The minimum Gasteiger partial charge on any atom is -0.395 e. The highest BCUT2D eigenvalue weighted by Crippen LogP contribution is 2.43. The number of aliphatic hydroxyl groups is 2. The van der Waals surface area contributed by atoms with E-state index in [9.17, 15) is 15.0 Å². The van der Waals surface area contributed by atoms with E-state index in [0.29, 0.717) is 18.0 Å². The number of nitrogens with zero attached hydrogens (tertiary/aromatic N) is 5. The van der Waals surface area contributed by atoms with E-state index in [1.807, 2.05) is 24.3 Å². The number of anilines is 1. The molecule has 0 spiro atoms. The Hall–Kier alpha value is -2.10. The average molecular weight is 502 g/mol. The van der Waals surface area contributed by atoms with Crippen molar-refractivity contribution in [1.82, 2.24) is 19.8 Å². The van der Waals surface area contributed by atoms with Gasteiger partial charge in [-0.2, -0.15) is 0 Å². The monoisotopic (exact) mass is 501 g/mol. The van der Waals surface area contributed by atoms with Crippen LogP contribution in [0.1, 0.15) is 62.0 Å². The first-order valence-electron chi connectivity index (χ1n) is 12.4. The van der Waals surface area contributed by atoms with Crippen molar-refractivity contribution in [1.29, 1.82) is 0 Å². The molecule has 190 valence electrons. The Morgan fingerprint density at radius 1 is 1.17 bits per heavy atom. The Labute approximate surface area is 212 Å². The first kappa shape index (κ1) is 26.0. The number of aromatic nitrogens is 2. The molecule has 2 heterocycles. The van der Waals surface area contributed by atoms with Crippen LogP contribution >= 0.6 is 11.6 Å². The Morgan fingerprint density at radius 3 is 2.46 bits per heavy atom. The van der Waals surface area contributed by atoms with Crippen LogP contribution in [0.25, 0.3) is 0 Å². The van der Waals surface area contributed by atoms with Gasteiger partial charge in [-0.15, -0.1) is 0 Å². The maximum Gasteiger partial charge on any atom is 0.135 e. The summed E-state index contributed by atoms with van der Waals surface area (Å²) in [7, 11) is 0. The highest BCUT2D eigenvalue weighted by Gasteiger charge is 2.38. The molecule has 0 radical (unpaired) electrons. The number of hydrogen-bond acceptors (Lipinski definition) is 8. The second-order valence-corrected chi connectivity index (χ2v) is 10.3. The summed E-state index contributed by atoms with van der Waals surface area (Å²) in [6.45, 7) is 9.80. The zero-order valence-electron chi connectivity index (χ0n) is 20.7. The lowest BCUT2D eigenvalue weighted by Crippen LogP contribution is -2.60. The van der Waals surface area contributed by atoms with Crippen molar-refractivity contribution in [2.45, 2.75) is 57.3 Å². The average Bonchev–Trinajstić information content (AvgIpc) is 3.15. The molecule has 2 N–H and O–H groups in total. The number of hydrogen-bond donors (Lipinski definition) is 2. The van der Waals surface area contributed by atoms with Crippen LogP contribution in [0, 0.1) is 0 Å². The normalized spacial score (nSPS) is 22.5. The molecule has 2 aliphatic rings. The Morgan fingerprint density at radius 2 is 1.86 bits per heavy atom. The van der Waals surface area contributed by atoms with Crippen molar-refractivity contribution in [3.05, 3.63) is 52.4 Å². The van der Waals surface area contributed by atoms with Crippen LogP contribution in [0.3, 0.4) is 0 Å². The summed E-state index contributed by atoms with van der Waals surface area (Å²) in [4.78, 5) is 28.3. The molecule has 0 saturated carbocycles. The second-order valence-electron chi connectivity index (χ2n) is 9.85. The molecule has 4 rings (SSSR count). The van der Waals surface area contributed by atoms with Crippen LogP contribution in [0.2, 0.25) is 5.02 Å². The minimum absolute atomic E-state index is 0.0220. The quantitative estimate of drug-likeness (QED) is 0.507. The van der Waals surface area contributed by atoms with Gasteiger partial charge in [-0.1, -0.05) is 30.7 Å². The molecule has 0 bridgehead atoms. The summed E-state index contributed by atoms with van der Waals surface area (Å²) >= 11 is 6.11. The molecular weight excluding hydrogens is 466 g/mol. The largest absolute Gasteiger partial charge is 0.395 e. The van der Waals surface area contributed by atoms with Gasteiger partial charge in [0.25, 0.3) is 0 Å². The first-order chi connectivity index (χ1) is 16.8. The Kier molecular flexibility index (Phi) is 8.39. The number of carbonyl (C=O) groups is 1. The van der Waals surface area contributed by atoms with Gasteiger partial charge in [0, 0.05) is 49.4 Å². The fourth-order valence-corrected chi connectivity index (χ4v) is 5.74. The molecule has 1 aromatic carbocycles. The molecule has 2 aromatic rings. The fraction of sp³-hybridized carbons (Fsp3) is 0.577. The second kappa shape index (κ2) is 11.3. The summed E-state index contributed by atoms with van der Waals surface area (Å²) in [5, 5.41) is 20.8. The summed E-state index contributed by atoms with van der Waals surface area (Å²) in [5.41, 5.74) is 2.72. The molecule has 1 aliphatic carbocycles. The van der Waals surface area contributed by atoms with Crippen LogP contribution in [0.4, 0.5) is 5.82 Å². The topological polar surface area (TPSA) is 93.0 Å². The van der Waals surface area contributed by atoms with E-state index in [0.717, 1.165) is 55.1 Å². The zero-order chi connectivity index (χ0) is 25.1. The maximum atomic E-state index is 12.5. The smallest absolute Gasteiger partial charge is 0.135 e. The van der Waals surface area contributed by atoms with Crippen molar-refractivity contribution in [2.24, 2.45) is 0 Å². The van der Waals surface area contributed by atoms with Gasteiger partial charge in [0.1, 0.15) is 18.4 Å². The number of fused-ring (bicyclic) bond motifs is 1. The van der Waals surface area contributed by atoms with E-state index in [2.05, 4.69) is 45.4 Å². The van der Waals surface area contributed by atoms with Crippen molar-refractivity contribution >= 4 is 23.7 Å². The van der Waals surface area contributed by atoms with Crippen molar-refractivity contribution < 1.29 is 15.0 Å². The predicted octanol–water partition coefficient (Wildman–Crippen LogP) is 2.80. The number of piperazine rings is 1. The molecule has 1 saturated heterocycles. The lowest BCUT2D eigenvalue weighted by atomic mass is 9.94. The molecule has 4 atom stereocenters. The summed E-state index contributed by atoms with van der Waals surface area (Å²) < 4.78 is 0. The number of rotatable bonds is 9. The van der Waals surface area contributed by atoms with Gasteiger partial charge in [0.2, 0.25) is 0 Å². The van der Waals surface area contributed by atoms with Gasteiger partial charge in [0.05, 0.1) is 30.5 Å². The number of halogens is 1.